The highest BCUT2D eigenvalue weighted by Gasteiger charge is 2.18. The van der Waals surface area contributed by atoms with Gasteiger partial charge in [0.25, 0.3) is 0 Å². The molecule has 0 N–H and O–H groups in total. The van der Waals surface area contributed by atoms with Gasteiger partial charge in [-0.25, -0.2) is 14.5 Å². The highest BCUT2D eigenvalue weighted by Crippen LogP contribution is 2.13. The molecule has 0 amide bonds. The van der Waals surface area contributed by atoms with E-state index in [9.17, 15) is 9.59 Å². The average Bonchev–Trinajstić information content (AvgIpc) is 2.65. The second-order valence-corrected chi connectivity index (χ2v) is 6.84. The number of rotatable bonds is 12. The minimum Gasteiger partial charge on any atom is -0.432 e. The monoisotopic (exact) mass is 382 g/mol. The molecule has 0 heterocycles. The fourth-order valence-corrected chi connectivity index (χ4v) is 2.19. The van der Waals surface area contributed by atoms with Crippen molar-refractivity contribution in [1.29, 1.82) is 0 Å². The van der Waals surface area contributed by atoms with Crippen molar-refractivity contribution in [2.45, 2.75) is 64.9 Å². The fraction of sp³-hybridized carbons (Fsp3) is 0.600. The first kappa shape index (κ1) is 22.9. The molecular formula is C20H30O7. The third kappa shape index (κ3) is 9.96. The highest BCUT2D eigenvalue weighted by molar-refractivity contribution is 5.88. The van der Waals surface area contributed by atoms with Crippen LogP contribution in [0.4, 0.5) is 4.79 Å². The molecule has 0 saturated heterocycles. The first-order valence-corrected chi connectivity index (χ1v) is 9.24. The van der Waals surface area contributed by atoms with Gasteiger partial charge in [-0.1, -0.05) is 38.3 Å². The van der Waals surface area contributed by atoms with Crippen molar-refractivity contribution >= 4 is 12.1 Å². The molecule has 0 spiro atoms. The molecule has 0 unspecified atom stereocenters. The summed E-state index contributed by atoms with van der Waals surface area (Å²) in [5.41, 5.74) is 1.03. The predicted octanol–water partition coefficient (Wildman–Crippen LogP) is 4.78. The van der Waals surface area contributed by atoms with Gasteiger partial charge in [-0.05, 0) is 44.4 Å². The summed E-state index contributed by atoms with van der Waals surface area (Å²) >= 11 is 0. The quantitative estimate of drug-likeness (QED) is 0.223. The van der Waals surface area contributed by atoms with E-state index in [1.165, 1.54) is 19.3 Å². The van der Waals surface area contributed by atoms with Crippen molar-refractivity contribution in [3.05, 3.63) is 35.4 Å². The van der Waals surface area contributed by atoms with Gasteiger partial charge in [-0.2, -0.15) is 0 Å². The van der Waals surface area contributed by atoms with Gasteiger partial charge in [-0.3, -0.25) is 4.89 Å². The van der Waals surface area contributed by atoms with Crippen molar-refractivity contribution in [2.75, 3.05) is 13.7 Å². The van der Waals surface area contributed by atoms with Gasteiger partial charge >= 0.3 is 12.1 Å². The van der Waals surface area contributed by atoms with Gasteiger partial charge in [0, 0.05) is 13.5 Å². The molecule has 7 nitrogen and oxygen atoms in total. The van der Waals surface area contributed by atoms with Crippen molar-refractivity contribution in [1.82, 2.24) is 0 Å². The largest absolute Gasteiger partial charge is 0.543 e. The third-order valence-electron chi connectivity index (χ3n) is 4.20. The average molecular weight is 382 g/mol. The molecule has 27 heavy (non-hydrogen) atoms. The van der Waals surface area contributed by atoms with Crippen LogP contribution in [-0.4, -0.2) is 31.4 Å². The number of methoxy groups -OCH3 is 1. The van der Waals surface area contributed by atoms with E-state index < -0.39 is 17.7 Å². The molecule has 0 aromatic heterocycles. The molecule has 0 bridgehead atoms. The summed E-state index contributed by atoms with van der Waals surface area (Å²) in [5, 5.41) is 4.19. The summed E-state index contributed by atoms with van der Waals surface area (Å²) < 4.78 is 9.97. The standard InChI is InChI=1S/C20H30O7/c1-5-6-7-8-9-16-10-12-17(13-11-16)18(21)25-27-26-19(22)24-15-14-20(2,3)23-4/h10-13H,5-9,14-15H2,1-4H3. The van der Waals surface area contributed by atoms with Gasteiger partial charge in [0.2, 0.25) is 0 Å². The maximum atomic E-state index is 11.8. The SMILES string of the molecule is CCCCCCc1ccc(C(=O)OOOC(=O)OCCC(C)(C)OC)cc1. The van der Waals surface area contributed by atoms with Crippen molar-refractivity contribution in [3.63, 3.8) is 0 Å². The summed E-state index contributed by atoms with van der Waals surface area (Å²) in [6, 6.07) is 7.03. The van der Waals surface area contributed by atoms with Crippen LogP contribution in [-0.2, 0) is 30.7 Å². The summed E-state index contributed by atoms with van der Waals surface area (Å²) in [4.78, 5) is 31.8. The van der Waals surface area contributed by atoms with Crippen LogP contribution in [0.1, 0.15) is 68.8 Å². The van der Waals surface area contributed by atoms with Gasteiger partial charge in [0.1, 0.15) is 0 Å². The Morgan fingerprint density at radius 3 is 2.33 bits per heavy atom. The third-order valence-corrected chi connectivity index (χ3v) is 4.20. The number of carbonyl (C=O) groups excluding carboxylic acids is 2. The molecule has 7 heteroatoms. The summed E-state index contributed by atoms with van der Waals surface area (Å²) in [6.45, 7) is 5.97. The zero-order chi connectivity index (χ0) is 20.1. The van der Waals surface area contributed by atoms with Crippen molar-refractivity contribution < 1.29 is 33.9 Å². The molecule has 1 aromatic carbocycles. The molecular weight excluding hydrogens is 352 g/mol. The Hall–Kier alpha value is -2.12. The lowest BCUT2D eigenvalue weighted by Crippen LogP contribution is -2.25. The topological polar surface area (TPSA) is 80.3 Å². The lowest BCUT2D eigenvalue weighted by molar-refractivity contribution is -0.452. The predicted molar refractivity (Wildman–Crippen MR) is 98.9 cm³/mol. The lowest BCUT2D eigenvalue weighted by atomic mass is 10.0. The Morgan fingerprint density at radius 1 is 1.00 bits per heavy atom. The van der Waals surface area contributed by atoms with E-state index >= 15 is 0 Å². The molecule has 1 rings (SSSR count). The van der Waals surface area contributed by atoms with Gasteiger partial charge in [0.05, 0.1) is 22.8 Å². The maximum absolute atomic E-state index is 11.8. The summed E-state index contributed by atoms with van der Waals surface area (Å²) in [6.07, 6.45) is 5.10. The van der Waals surface area contributed by atoms with Gasteiger partial charge in [0.15, 0.2) is 0 Å². The fourth-order valence-electron chi connectivity index (χ4n) is 2.19. The molecule has 0 aliphatic carbocycles. The van der Waals surface area contributed by atoms with E-state index in [2.05, 4.69) is 21.7 Å². The number of unbranched alkanes of at least 4 members (excludes halogenated alkanes) is 3. The second kappa shape index (κ2) is 12.3. The normalized spacial score (nSPS) is 11.1. The lowest BCUT2D eigenvalue weighted by Gasteiger charge is -2.21. The number of ether oxygens (including phenoxy) is 2. The summed E-state index contributed by atoms with van der Waals surface area (Å²) in [5.74, 6) is -0.763. The maximum Gasteiger partial charge on any atom is 0.543 e. The first-order valence-electron chi connectivity index (χ1n) is 9.24. The smallest absolute Gasteiger partial charge is 0.432 e. The number of hydrogen-bond acceptors (Lipinski definition) is 7. The van der Waals surface area contributed by atoms with Crippen LogP contribution < -0.4 is 0 Å². The Balaban J connectivity index is 2.25. The van der Waals surface area contributed by atoms with Gasteiger partial charge in [-0.15, -0.1) is 0 Å². The van der Waals surface area contributed by atoms with E-state index in [-0.39, 0.29) is 6.61 Å². The van der Waals surface area contributed by atoms with Crippen LogP contribution in [0.5, 0.6) is 0 Å². The molecule has 0 aliphatic heterocycles. The van der Waals surface area contributed by atoms with Crippen LogP contribution in [0.2, 0.25) is 0 Å². The van der Waals surface area contributed by atoms with Crippen LogP contribution in [0.3, 0.4) is 0 Å². The van der Waals surface area contributed by atoms with E-state index in [0.717, 1.165) is 18.4 Å². The van der Waals surface area contributed by atoms with Gasteiger partial charge < -0.3 is 9.47 Å². The highest BCUT2D eigenvalue weighted by atomic mass is 17.5. The number of benzene rings is 1. The van der Waals surface area contributed by atoms with E-state index in [1.54, 1.807) is 19.2 Å². The Kier molecular flexibility index (Phi) is 10.4. The minimum absolute atomic E-state index is 0.0801. The Labute approximate surface area is 160 Å². The molecule has 0 fully saturated rings. The van der Waals surface area contributed by atoms with Crippen LogP contribution in [0.15, 0.2) is 24.3 Å². The molecule has 1 aromatic rings. The van der Waals surface area contributed by atoms with Crippen molar-refractivity contribution in [2.24, 2.45) is 0 Å². The van der Waals surface area contributed by atoms with E-state index in [4.69, 9.17) is 9.47 Å². The summed E-state index contributed by atoms with van der Waals surface area (Å²) in [7, 11) is 1.57. The van der Waals surface area contributed by atoms with Crippen LogP contribution >= 0.6 is 0 Å². The number of aryl methyl sites for hydroxylation is 1. The second-order valence-electron chi connectivity index (χ2n) is 6.84. The Bertz CT molecular complexity index is 566. The molecule has 0 radical (unpaired) electrons. The molecule has 0 aliphatic rings. The van der Waals surface area contributed by atoms with Crippen molar-refractivity contribution in [3.8, 4) is 0 Å². The zero-order valence-electron chi connectivity index (χ0n) is 16.6. The first-order chi connectivity index (χ1) is 12.9. The van der Waals surface area contributed by atoms with Crippen LogP contribution in [0.25, 0.3) is 0 Å². The van der Waals surface area contributed by atoms with E-state index in [1.807, 2.05) is 26.0 Å². The molecule has 0 saturated carbocycles. The van der Waals surface area contributed by atoms with Crippen LogP contribution in [0, 0.1) is 0 Å². The zero-order valence-corrected chi connectivity index (χ0v) is 16.6. The Morgan fingerprint density at radius 2 is 1.70 bits per heavy atom. The number of hydrogen-bond donors (Lipinski definition) is 0. The molecule has 152 valence electrons. The molecule has 0 atom stereocenters. The number of carbonyl (C=O) groups is 2. The minimum atomic E-state index is -1.10. The van der Waals surface area contributed by atoms with E-state index in [0.29, 0.717) is 12.0 Å².